The topological polar surface area (TPSA) is 46.5 Å². The van der Waals surface area contributed by atoms with Gasteiger partial charge in [0.2, 0.25) is 5.78 Å². The van der Waals surface area contributed by atoms with Crippen LogP contribution in [0.2, 0.25) is 0 Å². The number of carbonyl (C=O) groups excluding carboxylic acids is 1. The number of methoxy groups -OCH3 is 1. The lowest BCUT2D eigenvalue weighted by atomic mass is 10.0. The zero-order valence-electron chi connectivity index (χ0n) is 10.5. The van der Waals surface area contributed by atoms with E-state index >= 15 is 0 Å². The third-order valence-electron chi connectivity index (χ3n) is 2.68. The van der Waals surface area contributed by atoms with Gasteiger partial charge in [0.25, 0.3) is 0 Å². The second kappa shape index (κ2) is 5.87. The maximum atomic E-state index is 11.3. The molecule has 1 aromatic carbocycles. The van der Waals surface area contributed by atoms with Crippen molar-refractivity contribution in [1.82, 2.24) is 0 Å². The van der Waals surface area contributed by atoms with Crippen LogP contribution in [-0.4, -0.2) is 18.0 Å². The molecule has 3 heteroatoms. The molecular formula is C16H14O3. The van der Waals surface area contributed by atoms with Crippen molar-refractivity contribution in [1.29, 1.82) is 0 Å². The van der Waals surface area contributed by atoms with E-state index < -0.39 is 5.78 Å². The van der Waals surface area contributed by atoms with E-state index in [0.717, 1.165) is 5.56 Å². The lowest BCUT2D eigenvalue weighted by molar-refractivity contribution is -0.113. The minimum Gasteiger partial charge on any atom is -0.504 e. The highest BCUT2D eigenvalue weighted by Crippen LogP contribution is 2.20. The van der Waals surface area contributed by atoms with E-state index in [1.54, 1.807) is 6.08 Å². The van der Waals surface area contributed by atoms with Crippen LogP contribution < -0.4 is 0 Å². The third-order valence-corrected chi connectivity index (χ3v) is 2.68. The highest BCUT2D eigenvalue weighted by atomic mass is 16.5. The molecule has 1 aromatic rings. The molecule has 0 atom stereocenters. The zero-order chi connectivity index (χ0) is 13.7. The Labute approximate surface area is 111 Å². The Balaban J connectivity index is 2.21. The first-order valence-electron chi connectivity index (χ1n) is 5.85. The maximum Gasteiger partial charge on any atom is 0.223 e. The summed E-state index contributed by atoms with van der Waals surface area (Å²) in [7, 11) is 1.49. The van der Waals surface area contributed by atoms with E-state index in [-0.39, 0.29) is 5.76 Å². The molecule has 0 aliphatic heterocycles. The van der Waals surface area contributed by atoms with Crippen molar-refractivity contribution in [3.05, 3.63) is 77.3 Å². The number of ketones is 1. The number of rotatable bonds is 3. The molecule has 0 aromatic heterocycles. The molecule has 19 heavy (non-hydrogen) atoms. The van der Waals surface area contributed by atoms with Crippen LogP contribution in [0, 0.1) is 0 Å². The molecule has 0 fully saturated rings. The molecule has 0 amide bonds. The summed E-state index contributed by atoms with van der Waals surface area (Å²) in [5, 5.41) is 9.42. The van der Waals surface area contributed by atoms with Gasteiger partial charge in [0.05, 0.1) is 7.11 Å². The van der Waals surface area contributed by atoms with Crippen LogP contribution in [-0.2, 0) is 9.53 Å². The summed E-state index contributed by atoms with van der Waals surface area (Å²) in [6.45, 7) is 0. The first-order valence-corrected chi connectivity index (χ1v) is 5.85. The third kappa shape index (κ3) is 3.22. The van der Waals surface area contributed by atoms with Gasteiger partial charge in [-0.25, -0.2) is 0 Å². The lowest BCUT2D eigenvalue weighted by Gasteiger charge is -2.11. The molecule has 0 bridgehead atoms. The fraction of sp³-hybridized carbons (Fsp3) is 0.0625. The van der Waals surface area contributed by atoms with Gasteiger partial charge in [0.15, 0.2) is 5.76 Å². The van der Waals surface area contributed by atoms with E-state index in [9.17, 15) is 9.90 Å². The van der Waals surface area contributed by atoms with Gasteiger partial charge in [-0.2, -0.15) is 0 Å². The first-order chi connectivity index (χ1) is 9.20. The minimum atomic E-state index is -0.443. The largest absolute Gasteiger partial charge is 0.504 e. The number of hydrogen-bond acceptors (Lipinski definition) is 3. The van der Waals surface area contributed by atoms with Gasteiger partial charge in [-0.1, -0.05) is 48.6 Å². The Kier molecular flexibility index (Phi) is 3.98. The van der Waals surface area contributed by atoms with Crippen molar-refractivity contribution < 1.29 is 14.6 Å². The molecule has 1 aliphatic rings. The van der Waals surface area contributed by atoms with Crippen LogP contribution in [0.15, 0.2) is 71.7 Å². The van der Waals surface area contributed by atoms with E-state index in [4.69, 9.17) is 4.74 Å². The van der Waals surface area contributed by atoms with E-state index in [0.29, 0.717) is 11.3 Å². The van der Waals surface area contributed by atoms with Crippen LogP contribution in [0.1, 0.15) is 5.56 Å². The van der Waals surface area contributed by atoms with E-state index in [2.05, 4.69) is 0 Å². The minimum absolute atomic E-state index is 0.278. The molecule has 96 valence electrons. The molecule has 0 spiro atoms. The number of aliphatic hydroxyl groups excluding tert-OH is 1. The highest BCUT2D eigenvalue weighted by molar-refractivity contribution is 6.04. The maximum absolute atomic E-state index is 11.3. The number of aliphatic hydroxyl groups is 1. The Bertz CT molecular complexity index is 590. The van der Waals surface area contributed by atoms with Gasteiger partial charge in [-0.15, -0.1) is 0 Å². The fourth-order valence-corrected chi connectivity index (χ4v) is 1.70. The number of benzene rings is 1. The monoisotopic (exact) mass is 254 g/mol. The van der Waals surface area contributed by atoms with Crippen molar-refractivity contribution in [2.45, 2.75) is 0 Å². The Morgan fingerprint density at radius 3 is 2.58 bits per heavy atom. The van der Waals surface area contributed by atoms with E-state index in [1.807, 2.05) is 42.5 Å². The predicted octanol–water partition coefficient (Wildman–Crippen LogP) is 3.18. The molecule has 0 heterocycles. The van der Waals surface area contributed by atoms with Gasteiger partial charge < -0.3 is 9.84 Å². The van der Waals surface area contributed by atoms with E-state index in [1.165, 1.54) is 19.3 Å². The van der Waals surface area contributed by atoms with Gasteiger partial charge in [0.1, 0.15) is 5.76 Å². The average Bonchev–Trinajstić information content (AvgIpc) is 2.43. The zero-order valence-corrected chi connectivity index (χ0v) is 10.5. The molecule has 0 saturated carbocycles. The number of ether oxygens (including phenoxy) is 1. The van der Waals surface area contributed by atoms with Crippen LogP contribution in [0.5, 0.6) is 0 Å². The smallest absolute Gasteiger partial charge is 0.223 e. The van der Waals surface area contributed by atoms with Crippen molar-refractivity contribution in [3.8, 4) is 0 Å². The molecule has 0 unspecified atom stereocenters. The summed E-state index contributed by atoms with van der Waals surface area (Å²) >= 11 is 0. The lowest BCUT2D eigenvalue weighted by Crippen LogP contribution is -2.07. The van der Waals surface area contributed by atoms with Crippen molar-refractivity contribution in [2.24, 2.45) is 0 Å². The fourth-order valence-electron chi connectivity index (χ4n) is 1.70. The summed E-state index contributed by atoms with van der Waals surface area (Å²) in [6.07, 6.45) is 8.23. The first kappa shape index (κ1) is 12.9. The molecule has 3 nitrogen and oxygen atoms in total. The second-order valence-electron chi connectivity index (χ2n) is 4.00. The SMILES string of the molecule is COC1=CC(=O)C(O)=C/C1=C\C=C/c1ccccc1. The summed E-state index contributed by atoms with van der Waals surface area (Å²) in [5.74, 6) is -0.276. The number of allylic oxidation sites excluding steroid dienone is 4. The molecule has 0 radical (unpaired) electrons. The van der Waals surface area contributed by atoms with Crippen molar-refractivity contribution >= 4 is 11.9 Å². The Hall–Kier alpha value is -2.55. The highest BCUT2D eigenvalue weighted by Gasteiger charge is 2.16. The number of carbonyl (C=O) groups is 1. The number of hydrogen-bond donors (Lipinski definition) is 1. The summed E-state index contributed by atoms with van der Waals surface area (Å²) in [6, 6.07) is 9.84. The molecule has 1 aliphatic carbocycles. The molecule has 1 N–H and O–H groups in total. The summed E-state index contributed by atoms with van der Waals surface area (Å²) < 4.78 is 5.11. The van der Waals surface area contributed by atoms with Gasteiger partial charge in [-0.3, -0.25) is 4.79 Å². The van der Waals surface area contributed by atoms with Crippen LogP contribution in [0.4, 0.5) is 0 Å². The standard InChI is InChI=1S/C16H14O3/c1-19-16-11-15(18)14(17)10-13(16)9-5-8-12-6-3-2-4-7-12/h2-11,17H,1H3/b8-5-,13-9+. The second-order valence-corrected chi connectivity index (χ2v) is 4.00. The quantitative estimate of drug-likeness (QED) is 0.901. The average molecular weight is 254 g/mol. The summed E-state index contributed by atoms with van der Waals surface area (Å²) in [5.41, 5.74) is 1.73. The molecular weight excluding hydrogens is 240 g/mol. The molecule has 2 rings (SSSR count). The molecule has 0 saturated heterocycles. The summed E-state index contributed by atoms with van der Waals surface area (Å²) in [4.78, 5) is 11.3. The van der Waals surface area contributed by atoms with Crippen LogP contribution >= 0.6 is 0 Å². The van der Waals surface area contributed by atoms with Gasteiger partial charge >= 0.3 is 0 Å². The predicted molar refractivity (Wildman–Crippen MR) is 74.4 cm³/mol. The van der Waals surface area contributed by atoms with Crippen LogP contribution in [0.3, 0.4) is 0 Å². The normalized spacial score (nSPS) is 17.5. The Morgan fingerprint density at radius 1 is 1.16 bits per heavy atom. The van der Waals surface area contributed by atoms with Gasteiger partial charge in [-0.05, 0) is 11.6 Å². The Morgan fingerprint density at radius 2 is 1.89 bits per heavy atom. The van der Waals surface area contributed by atoms with Crippen molar-refractivity contribution in [3.63, 3.8) is 0 Å². The van der Waals surface area contributed by atoms with Crippen molar-refractivity contribution in [2.75, 3.05) is 7.11 Å². The van der Waals surface area contributed by atoms with Gasteiger partial charge in [0, 0.05) is 11.6 Å². The van der Waals surface area contributed by atoms with Crippen LogP contribution in [0.25, 0.3) is 6.08 Å².